The van der Waals surface area contributed by atoms with Crippen LogP contribution < -0.4 is 14.2 Å². The first-order valence-electron chi connectivity index (χ1n) is 14.3. The minimum Gasteiger partial charge on any atom is -0.494 e. The van der Waals surface area contributed by atoms with Crippen LogP contribution >= 0.6 is 0 Å². The summed E-state index contributed by atoms with van der Waals surface area (Å²) in [5.41, 5.74) is -6.21. The van der Waals surface area contributed by atoms with Crippen LogP contribution in [0.15, 0.2) is 104 Å². The molecular formula is C35H30F6O7. The number of allylic oxidation sites excluding steroid dienone is 1. The first-order valence-corrected chi connectivity index (χ1v) is 14.3. The molecule has 13 heteroatoms. The van der Waals surface area contributed by atoms with Gasteiger partial charge in [-0.1, -0.05) is 49.1 Å². The zero-order chi connectivity index (χ0) is 35.4. The van der Waals surface area contributed by atoms with Crippen molar-refractivity contribution in [2.45, 2.75) is 37.5 Å². The van der Waals surface area contributed by atoms with Crippen molar-refractivity contribution in [3.8, 4) is 17.2 Å². The van der Waals surface area contributed by atoms with E-state index < -0.39 is 46.8 Å². The molecule has 0 aliphatic heterocycles. The summed E-state index contributed by atoms with van der Waals surface area (Å²) >= 11 is 0. The highest BCUT2D eigenvalue weighted by Gasteiger charge is 2.72. The van der Waals surface area contributed by atoms with E-state index in [9.17, 15) is 40.7 Å². The number of carbonyl (C=O) groups excluding carboxylic acids is 3. The smallest absolute Gasteiger partial charge is 0.411 e. The second kappa shape index (κ2) is 16.5. The Morgan fingerprint density at radius 1 is 0.646 bits per heavy atom. The van der Waals surface area contributed by atoms with E-state index in [4.69, 9.17) is 18.9 Å². The van der Waals surface area contributed by atoms with Crippen LogP contribution in [-0.4, -0.2) is 43.5 Å². The normalized spacial score (nSPS) is 12.1. The van der Waals surface area contributed by atoms with Crippen LogP contribution in [0.1, 0.15) is 36.5 Å². The SMILES string of the molecule is C=CC(=O)OCCCCOc1ccc(/C=C/C(=O)Oc2ccc(C(c3ccc(OC(=O)/C=C/C)cc3)(C(F)(F)F)C(F)(F)F)cc2)cc1. The average molecular weight is 677 g/mol. The highest BCUT2D eigenvalue weighted by atomic mass is 19.4. The number of esters is 3. The Kier molecular flexibility index (Phi) is 12.7. The summed E-state index contributed by atoms with van der Waals surface area (Å²) in [6, 6.07) is 12.3. The molecule has 48 heavy (non-hydrogen) atoms. The molecule has 0 radical (unpaired) electrons. The molecule has 0 saturated carbocycles. The molecule has 0 unspecified atom stereocenters. The molecule has 3 aromatic rings. The molecule has 0 atom stereocenters. The average Bonchev–Trinajstić information content (AvgIpc) is 3.02. The van der Waals surface area contributed by atoms with Crippen molar-refractivity contribution in [2.75, 3.05) is 13.2 Å². The Morgan fingerprint density at radius 2 is 1.10 bits per heavy atom. The van der Waals surface area contributed by atoms with Crippen molar-refractivity contribution in [1.82, 2.24) is 0 Å². The summed E-state index contributed by atoms with van der Waals surface area (Å²) in [6.45, 7) is 5.44. The Morgan fingerprint density at radius 3 is 1.56 bits per heavy atom. The minimum absolute atomic E-state index is 0.243. The topological polar surface area (TPSA) is 88.1 Å². The maximum atomic E-state index is 14.5. The molecule has 0 saturated heterocycles. The molecule has 0 N–H and O–H groups in total. The first kappa shape index (κ1) is 37.1. The number of unbranched alkanes of at least 4 members (excludes halogenated alkanes) is 1. The number of benzene rings is 3. The fourth-order valence-corrected chi connectivity index (χ4v) is 4.43. The van der Waals surface area contributed by atoms with Crippen LogP contribution in [-0.2, 0) is 24.5 Å². The fourth-order valence-electron chi connectivity index (χ4n) is 4.43. The number of ether oxygens (including phenoxy) is 4. The molecule has 0 bridgehead atoms. The lowest BCUT2D eigenvalue weighted by molar-refractivity contribution is -0.288. The standard InChI is InChI=1S/C35H30F6O7/c1-3-7-31(43)47-28-17-11-25(12-18-28)33(34(36,37)38,35(39,40)41)26-13-19-29(20-14-26)48-32(44)21-10-24-8-15-27(16-9-24)45-22-5-6-23-46-30(42)4-2/h3-4,7-21H,2,5-6,22-23H2,1H3/b7-3+,21-10+. The fraction of sp³-hybridized carbons (Fsp3) is 0.229. The summed E-state index contributed by atoms with van der Waals surface area (Å²) in [5, 5.41) is 0. The molecule has 0 aromatic heterocycles. The largest absolute Gasteiger partial charge is 0.494 e. The van der Waals surface area contributed by atoms with Gasteiger partial charge in [-0.2, -0.15) is 26.3 Å². The monoisotopic (exact) mass is 676 g/mol. The van der Waals surface area contributed by atoms with Crippen molar-refractivity contribution < 1.29 is 59.7 Å². The number of rotatable bonds is 14. The molecule has 3 aromatic carbocycles. The molecule has 0 spiro atoms. The van der Waals surface area contributed by atoms with Crippen LogP contribution in [0, 0.1) is 0 Å². The van der Waals surface area contributed by atoms with Gasteiger partial charge in [0.05, 0.1) is 13.2 Å². The number of carbonyl (C=O) groups is 3. The molecule has 0 aliphatic rings. The van der Waals surface area contributed by atoms with Gasteiger partial charge in [0.2, 0.25) is 5.41 Å². The van der Waals surface area contributed by atoms with E-state index in [0.717, 1.165) is 42.5 Å². The summed E-state index contributed by atoms with van der Waals surface area (Å²) in [5.74, 6) is -2.28. The first-order chi connectivity index (χ1) is 22.7. The molecule has 7 nitrogen and oxygen atoms in total. The zero-order valence-electron chi connectivity index (χ0n) is 25.5. The highest BCUT2D eigenvalue weighted by Crippen LogP contribution is 2.56. The Balaban J connectivity index is 1.69. The molecule has 0 fully saturated rings. The number of hydrogen-bond donors (Lipinski definition) is 0. The maximum absolute atomic E-state index is 14.5. The van der Waals surface area contributed by atoms with E-state index in [1.54, 1.807) is 24.3 Å². The van der Waals surface area contributed by atoms with Gasteiger partial charge in [-0.25, -0.2) is 14.4 Å². The van der Waals surface area contributed by atoms with Gasteiger partial charge in [0.1, 0.15) is 17.2 Å². The van der Waals surface area contributed by atoms with E-state index in [2.05, 4.69) is 6.58 Å². The van der Waals surface area contributed by atoms with E-state index in [-0.39, 0.29) is 18.1 Å². The summed E-state index contributed by atoms with van der Waals surface area (Å²) in [6.07, 6.45) is -4.58. The summed E-state index contributed by atoms with van der Waals surface area (Å²) < 4.78 is 107. The van der Waals surface area contributed by atoms with Gasteiger partial charge in [-0.15, -0.1) is 0 Å². The van der Waals surface area contributed by atoms with Crippen molar-refractivity contribution in [1.29, 1.82) is 0 Å². The Bertz CT molecular complexity index is 1590. The maximum Gasteiger partial charge on any atom is 0.411 e. The summed E-state index contributed by atoms with van der Waals surface area (Å²) in [4.78, 5) is 35.0. The predicted molar refractivity (Wildman–Crippen MR) is 163 cm³/mol. The van der Waals surface area contributed by atoms with Gasteiger partial charge >= 0.3 is 30.3 Å². The Hall–Kier alpha value is -5.33. The number of alkyl halides is 6. The van der Waals surface area contributed by atoms with E-state index in [0.29, 0.717) is 55.0 Å². The van der Waals surface area contributed by atoms with Crippen LogP contribution in [0.3, 0.4) is 0 Å². The van der Waals surface area contributed by atoms with Gasteiger partial charge in [0, 0.05) is 18.2 Å². The lowest BCUT2D eigenvalue weighted by Gasteiger charge is -2.38. The van der Waals surface area contributed by atoms with Gasteiger partial charge in [-0.3, -0.25) is 0 Å². The van der Waals surface area contributed by atoms with Crippen molar-refractivity contribution >= 4 is 24.0 Å². The van der Waals surface area contributed by atoms with Gasteiger partial charge in [0.15, 0.2) is 0 Å². The molecule has 3 rings (SSSR count). The highest BCUT2D eigenvalue weighted by molar-refractivity contribution is 5.88. The van der Waals surface area contributed by atoms with Crippen LogP contribution in [0.4, 0.5) is 26.3 Å². The van der Waals surface area contributed by atoms with E-state index in [1.807, 2.05) is 0 Å². The van der Waals surface area contributed by atoms with E-state index in [1.165, 1.54) is 19.1 Å². The predicted octanol–water partition coefficient (Wildman–Crippen LogP) is 8.09. The second-order valence-electron chi connectivity index (χ2n) is 9.97. The quantitative estimate of drug-likeness (QED) is 0.0561. The van der Waals surface area contributed by atoms with Crippen LogP contribution in [0.5, 0.6) is 17.2 Å². The van der Waals surface area contributed by atoms with E-state index >= 15 is 0 Å². The van der Waals surface area contributed by atoms with Crippen LogP contribution in [0.25, 0.3) is 6.08 Å². The summed E-state index contributed by atoms with van der Waals surface area (Å²) in [7, 11) is 0. The van der Waals surface area contributed by atoms with Crippen molar-refractivity contribution in [3.63, 3.8) is 0 Å². The van der Waals surface area contributed by atoms with Crippen molar-refractivity contribution in [2.24, 2.45) is 0 Å². The second-order valence-corrected chi connectivity index (χ2v) is 9.97. The van der Waals surface area contributed by atoms with Gasteiger partial charge < -0.3 is 18.9 Å². The van der Waals surface area contributed by atoms with Gasteiger partial charge in [0.25, 0.3) is 0 Å². The molecule has 254 valence electrons. The van der Waals surface area contributed by atoms with Crippen LogP contribution in [0.2, 0.25) is 0 Å². The number of halogens is 6. The third-order valence-corrected chi connectivity index (χ3v) is 6.68. The van der Waals surface area contributed by atoms with Crippen molar-refractivity contribution in [3.05, 3.63) is 120 Å². The third-order valence-electron chi connectivity index (χ3n) is 6.68. The molecule has 0 heterocycles. The zero-order valence-corrected chi connectivity index (χ0v) is 25.5. The number of hydrogen-bond acceptors (Lipinski definition) is 7. The Labute approximate surface area is 272 Å². The minimum atomic E-state index is -5.85. The van der Waals surface area contributed by atoms with Gasteiger partial charge in [-0.05, 0) is 78.9 Å². The lowest BCUT2D eigenvalue weighted by Crippen LogP contribution is -2.54. The lowest BCUT2D eigenvalue weighted by atomic mass is 9.73. The molecule has 0 aliphatic carbocycles. The third kappa shape index (κ3) is 9.60. The molecule has 0 amide bonds. The molecular weight excluding hydrogens is 646 g/mol.